The predicted octanol–water partition coefficient (Wildman–Crippen LogP) is 23.6. The first-order valence-corrected chi connectivity index (χ1v) is 41.4. The van der Waals surface area contributed by atoms with Crippen molar-refractivity contribution in [3.63, 3.8) is 0 Å². The van der Waals surface area contributed by atoms with Gasteiger partial charge in [-0.1, -0.05) is 347 Å². The van der Waals surface area contributed by atoms with Crippen LogP contribution in [0.3, 0.4) is 0 Å². The number of imidazole rings is 1. The number of hydrogen-bond donors (Lipinski definition) is 5. The summed E-state index contributed by atoms with van der Waals surface area (Å²) in [5, 5.41) is 40.8. The van der Waals surface area contributed by atoms with Gasteiger partial charge >= 0.3 is 17.1 Å². The molecule has 7 aromatic heterocycles. The van der Waals surface area contributed by atoms with Gasteiger partial charge < -0.3 is 52.0 Å². The first-order valence-electron chi connectivity index (χ1n) is 38.0. The number of benzene rings is 8. The van der Waals surface area contributed by atoms with E-state index < -0.39 is 20.5 Å². The van der Waals surface area contributed by atoms with Gasteiger partial charge in [0, 0.05) is 110 Å². The second-order valence-electron chi connectivity index (χ2n) is 27.3. The van der Waals surface area contributed by atoms with Crippen molar-refractivity contribution in [1.82, 2.24) is 39.5 Å². The molecular weight excluding hydrogens is 1780 g/mol. The number of nitrogens with two attached hydrogens (primary N) is 3. The van der Waals surface area contributed by atoms with Crippen LogP contribution in [0.25, 0.3) is 11.2 Å². The number of anilines is 9. The Hall–Kier alpha value is -12.9. The second kappa shape index (κ2) is 47.1. The van der Waals surface area contributed by atoms with Crippen molar-refractivity contribution < 1.29 is 14.8 Å². The van der Waals surface area contributed by atoms with Crippen LogP contribution in [-0.4, -0.2) is 68.3 Å². The Morgan fingerprint density at radius 1 is 0.328 bits per heavy atom. The largest absolute Gasteiger partial charge is 0.399 e. The molecule has 0 unspecified atom stereocenters. The van der Waals surface area contributed by atoms with Crippen LogP contribution in [0.15, 0.2) is 291 Å². The fourth-order valence-corrected chi connectivity index (χ4v) is 14.8. The van der Waals surface area contributed by atoms with Crippen molar-refractivity contribution in [2.24, 2.45) is 7.05 Å². The molecule has 7 heterocycles. The van der Waals surface area contributed by atoms with Crippen molar-refractivity contribution in [3.8, 4) is 0 Å². The molecule has 0 radical (unpaired) electrons. The van der Waals surface area contributed by atoms with Gasteiger partial charge in [0.15, 0.2) is 11.5 Å². The van der Waals surface area contributed by atoms with Crippen molar-refractivity contribution in [3.05, 3.63) is 413 Å². The van der Waals surface area contributed by atoms with Crippen molar-refractivity contribution >= 4 is 184 Å². The Morgan fingerprint density at radius 2 is 0.592 bits per heavy atom. The summed E-state index contributed by atoms with van der Waals surface area (Å²) in [6.45, 7) is 4.91. The number of rotatable bonds is 25. The normalized spacial score (nSPS) is 10.5. The van der Waals surface area contributed by atoms with Crippen LogP contribution >= 0.6 is 104 Å². The molecule has 0 amide bonds. The maximum absolute atomic E-state index is 11.8. The first kappa shape index (κ1) is 94.4. The van der Waals surface area contributed by atoms with E-state index in [1.54, 1.807) is 26.5 Å². The molecule has 125 heavy (non-hydrogen) atoms. The predicted molar refractivity (Wildman–Crippen MR) is 508 cm³/mol. The third-order valence-electron chi connectivity index (χ3n) is 18.3. The third-order valence-corrected chi connectivity index (χ3v) is 20.2. The molecule has 0 saturated carbocycles. The Bertz CT molecular complexity index is 5810. The highest BCUT2D eigenvalue weighted by molar-refractivity contribution is 6.35. The molecule has 26 nitrogen and oxygen atoms in total. The minimum atomic E-state index is -0.707. The van der Waals surface area contributed by atoms with Crippen LogP contribution in [0, 0.1) is 30.3 Å². The first-order chi connectivity index (χ1) is 60.2. The molecule has 0 fully saturated rings. The Morgan fingerprint density at radius 3 is 0.912 bits per heavy atom. The van der Waals surface area contributed by atoms with Gasteiger partial charge in [-0.2, -0.15) is 0 Å². The van der Waals surface area contributed by atoms with Crippen LogP contribution in [0.1, 0.15) is 44.5 Å². The van der Waals surface area contributed by atoms with Crippen molar-refractivity contribution in [2.45, 2.75) is 52.4 Å². The molecule has 15 aromatic rings. The number of fused-ring (bicyclic) bond motifs is 1. The topological polar surface area (TPSA) is 340 Å². The van der Waals surface area contributed by atoms with Crippen LogP contribution in [0.2, 0.25) is 46.4 Å². The highest BCUT2D eigenvalue weighted by Gasteiger charge is 2.29. The Kier molecular flexibility index (Phi) is 35.6. The standard InChI is InChI=1S/C21H19ClN4.C20H19ClN4O2.C20H21ClN4.C19H15Cl2N3O2.C5H3Cl2N3O2.C5H4Cl2N2/c1-25-15-23-20-18(12-19(22)24-21(20)25)26(13-16-8-4-2-5-9-16)14-17-10-6-3-7-11-17;1-22-20-19(25(26)27)17(12-18(21)23-20)24(13-15-8-4-2-5-9-15)14-16-10-6-3-7-11-16;1-23-20-19(22)17(12-18(21)24-20)25(13-15-8-4-2-5-9-15)14-16-10-6-3-7-11-16;20-17-11-16(18(24(25)26)19(21)22-17)23(12-14-7-3-1-4-8-14)13-15-9-5-2-6-10-15;6-3-1-2(8)4(10(11)12)5(7)9-3;6-4-1-3(8)2-5(7)9-4/h2-12,15H,13-14H2,1H3;2-12H,13-14H2,1H3,(H,22,23);2-12H,13-14,22H2,1H3,(H,23,24);1-11H,12-13H2;1H,(H2,8,9);1-2H,(H2,8,9). The second-order valence-corrected chi connectivity index (χ2v) is 30.7. The average molecular weight is 1860 g/mol. The number of hydrogen-bond acceptors (Lipinski definition) is 22. The fraction of sp³-hybridized carbons (Fsp3) is 0.122. The lowest BCUT2D eigenvalue weighted by molar-refractivity contribution is -0.384. The fourth-order valence-electron chi connectivity index (χ4n) is 12.7. The van der Waals surface area contributed by atoms with E-state index in [1.165, 1.54) is 46.5 Å². The van der Waals surface area contributed by atoms with Gasteiger partial charge in [0.2, 0.25) is 16.1 Å². The van der Waals surface area contributed by atoms with Gasteiger partial charge in [0.1, 0.15) is 58.7 Å². The highest BCUT2D eigenvalue weighted by atomic mass is 35.5. The highest BCUT2D eigenvalue weighted by Crippen LogP contribution is 2.41. The Labute approximate surface area is 766 Å². The van der Waals surface area contributed by atoms with E-state index in [0.717, 1.165) is 71.0 Å². The lowest BCUT2D eigenvalue weighted by Crippen LogP contribution is -2.23. The number of pyridine rings is 6. The zero-order valence-corrected chi connectivity index (χ0v) is 74.0. The summed E-state index contributed by atoms with van der Waals surface area (Å²) in [7, 11) is 5.31. The molecule has 0 bridgehead atoms. The van der Waals surface area contributed by atoms with E-state index in [1.807, 2.05) is 203 Å². The molecule has 0 spiro atoms. The number of nitrogen functional groups attached to an aromatic ring is 3. The number of nitro groups is 3. The van der Waals surface area contributed by atoms with Crippen LogP contribution < -0.4 is 47.4 Å². The number of nitrogens with zero attached hydrogens (tertiary/aromatic N) is 15. The van der Waals surface area contributed by atoms with Gasteiger partial charge in [-0.05, 0) is 56.6 Å². The van der Waals surface area contributed by atoms with Gasteiger partial charge in [-0.25, -0.2) is 34.9 Å². The number of halogens is 9. The molecule has 0 atom stereocenters. The van der Waals surface area contributed by atoms with Crippen molar-refractivity contribution in [2.75, 3.05) is 61.5 Å². The SMILES string of the molecule is CNc1nc(Cl)cc(N(Cc2ccccc2)Cc2ccccc2)c1N.CNc1nc(Cl)cc(N(Cc2ccccc2)Cc2ccccc2)c1[N+](=O)[O-].Cn1cnc2c(N(Cc3ccccc3)Cc3ccccc3)cc(Cl)nc21.Nc1cc(Cl)nc(Cl)c1.Nc1cc(Cl)nc(Cl)c1[N+](=O)[O-].O=[N+]([O-])c1c(N(Cc2ccccc2)Cc2ccccc2)cc(Cl)nc1Cl. The van der Waals surface area contributed by atoms with Gasteiger partial charge in [0.05, 0.1) is 38.2 Å². The van der Waals surface area contributed by atoms with E-state index in [9.17, 15) is 30.3 Å². The number of aryl methyl sites for hydroxylation is 1. The summed E-state index contributed by atoms with van der Waals surface area (Å²) < 4.78 is 1.90. The van der Waals surface area contributed by atoms with Crippen molar-refractivity contribution in [1.29, 1.82) is 0 Å². The molecule has 8 N–H and O–H groups in total. The average Bonchev–Trinajstić information content (AvgIpc) is 1.75. The number of aromatic nitrogens is 8. The minimum absolute atomic E-state index is 0.0306. The maximum atomic E-state index is 11.8. The molecule has 0 saturated heterocycles. The van der Waals surface area contributed by atoms with Gasteiger partial charge in [0.25, 0.3) is 0 Å². The summed E-state index contributed by atoms with van der Waals surface area (Å²) in [6, 6.07) is 91.5. The monoisotopic (exact) mass is 1850 g/mol. The van der Waals surface area contributed by atoms with Crippen LogP contribution in [0.5, 0.6) is 0 Å². The molecule has 640 valence electrons. The lowest BCUT2D eigenvalue weighted by atomic mass is 10.1. The zero-order chi connectivity index (χ0) is 89.5. The summed E-state index contributed by atoms with van der Waals surface area (Å²) in [6.07, 6.45) is 1.78. The molecule has 35 heteroatoms. The summed E-state index contributed by atoms with van der Waals surface area (Å²) in [4.78, 5) is 68.6. The summed E-state index contributed by atoms with van der Waals surface area (Å²) >= 11 is 52.5. The third kappa shape index (κ3) is 28.3. The summed E-state index contributed by atoms with van der Waals surface area (Å²) in [5.41, 5.74) is 30.5. The van der Waals surface area contributed by atoms with E-state index >= 15 is 0 Å². The molecule has 15 rings (SSSR count). The van der Waals surface area contributed by atoms with Crippen LogP contribution in [-0.2, 0) is 59.4 Å². The molecule has 0 aliphatic rings. The minimum Gasteiger partial charge on any atom is -0.399 e. The van der Waals surface area contributed by atoms with Crippen LogP contribution in [0.4, 0.5) is 68.5 Å². The van der Waals surface area contributed by atoms with E-state index in [-0.39, 0.29) is 48.6 Å². The van der Waals surface area contributed by atoms with Gasteiger partial charge in [-0.15, -0.1) is 0 Å². The quantitative estimate of drug-likeness (QED) is 0.0202. The molecule has 0 aliphatic carbocycles. The Balaban J connectivity index is 0.000000161. The van der Waals surface area contributed by atoms with E-state index in [0.29, 0.717) is 75.4 Å². The van der Waals surface area contributed by atoms with E-state index in [2.05, 4.69) is 128 Å². The lowest BCUT2D eigenvalue weighted by Gasteiger charge is -2.27. The molecule has 0 aliphatic heterocycles. The van der Waals surface area contributed by atoms with E-state index in [4.69, 9.17) is 122 Å². The summed E-state index contributed by atoms with van der Waals surface area (Å²) in [5.74, 6) is 0.738. The molecular formula is C90H81Cl9N20O6. The maximum Gasteiger partial charge on any atom is 0.334 e. The smallest absolute Gasteiger partial charge is 0.334 e. The van der Waals surface area contributed by atoms with Gasteiger partial charge in [-0.3, -0.25) is 30.3 Å². The number of nitrogens with one attached hydrogen (secondary N) is 2. The zero-order valence-electron chi connectivity index (χ0n) is 67.2. The molecule has 8 aromatic carbocycles.